The standard InChI is InChI=1S/C22H28O6/c1-3-4-12-27-22(25)19-13-17(14-20(23)26-2)10-11-18(19)21(24)28-15-16-8-6-5-7-9-16/h5-9,14,18-19H,3-4,10-13,15H2,1-2H3/t18-,19-/m0/s1. The van der Waals surface area contributed by atoms with Crippen LogP contribution in [-0.2, 0) is 35.2 Å². The Bertz CT molecular complexity index is 694. The monoisotopic (exact) mass is 388 g/mol. The Labute approximate surface area is 165 Å². The van der Waals surface area contributed by atoms with Crippen LogP contribution in [0.5, 0.6) is 0 Å². The minimum Gasteiger partial charge on any atom is -0.466 e. The summed E-state index contributed by atoms with van der Waals surface area (Å²) in [6.07, 6.45) is 4.35. The van der Waals surface area contributed by atoms with Crippen molar-refractivity contribution in [1.82, 2.24) is 0 Å². The third-order valence-electron chi connectivity index (χ3n) is 4.84. The summed E-state index contributed by atoms with van der Waals surface area (Å²) in [6.45, 7) is 2.50. The average molecular weight is 388 g/mol. The van der Waals surface area contributed by atoms with E-state index in [1.807, 2.05) is 37.3 Å². The van der Waals surface area contributed by atoms with Gasteiger partial charge in [-0.2, -0.15) is 0 Å². The molecule has 0 bridgehead atoms. The van der Waals surface area contributed by atoms with Crippen LogP contribution in [0.4, 0.5) is 0 Å². The summed E-state index contributed by atoms with van der Waals surface area (Å²) in [5.74, 6) is -2.50. The van der Waals surface area contributed by atoms with Crippen molar-refractivity contribution < 1.29 is 28.6 Å². The Morgan fingerprint density at radius 1 is 1.07 bits per heavy atom. The lowest BCUT2D eigenvalue weighted by Crippen LogP contribution is -2.36. The van der Waals surface area contributed by atoms with Gasteiger partial charge in [-0.1, -0.05) is 49.2 Å². The maximum absolute atomic E-state index is 12.7. The number of carbonyl (C=O) groups excluding carboxylic acids is 3. The van der Waals surface area contributed by atoms with E-state index in [-0.39, 0.29) is 6.61 Å². The molecule has 0 unspecified atom stereocenters. The highest BCUT2D eigenvalue weighted by atomic mass is 16.5. The van der Waals surface area contributed by atoms with Crippen molar-refractivity contribution in [2.45, 2.75) is 45.6 Å². The first-order valence-corrected chi connectivity index (χ1v) is 9.69. The molecule has 0 radical (unpaired) electrons. The summed E-state index contributed by atoms with van der Waals surface area (Å²) in [4.78, 5) is 36.8. The van der Waals surface area contributed by atoms with E-state index in [4.69, 9.17) is 9.47 Å². The molecular formula is C22H28O6. The lowest BCUT2D eigenvalue weighted by atomic mass is 9.76. The fraction of sp³-hybridized carbons (Fsp3) is 0.500. The number of hydrogen-bond acceptors (Lipinski definition) is 6. The summed E-state index contributed by atoms with van der Waals surface area (Å²) in [5, 5.41) is 0. The first-order chi connectivity index (χ1) is 13.5. The van der Waals surface area contributed by atoms with Gasteiger partial charge in [-0.3, -0.25) is 9.59 Å². The Hall–Kier alpha value is -2.63. The smallest absolute Gasteiger partial charge is 0.330 e. The van der Waals surface area contributed by atoms with E-state index in [2.05, 4.69) is 4.74 Å². The molecule has 6 nitrogen and oxygen atoms in total. The van der Waals surface area contributed by atoms with E-state index in [9.17, 15) is 14.4 Å². The van der Waals surface area contributed by atoms with Crippen molar-refractivity contribution >= 4 is 17.9 Å². The van der Waals surface area contributed by atoms with Crippen LogP contribution in [0.2, 0.25) is 0 Å². The number of ether oxygens (including phenoxy) is 3. The van der Waals surface area contributed by atoms with Gasteiger partial charge in [0.05, 0.1) is 25.6 Å². The van der Waals surface area contributed by atoms with Crippen LogP contribution in [0.15, 0.2) is 42.0 Å². The largest absolute Gasteiger partial charge is 0.466 e. The second-order valence-corrected chi connectivity index (χ2v) is 6.90. The number of rotatable bonds is 8. The summed E-state index contributed by atoms with van der Waals surface area (Å²) in [6, 6.07) is 9.40. The molecule has 152 valence electrons. The second kappa shape index (κ2) is 11.3. The summed E-state index contributed by atoms with van der Waals surface area (Å²) >= 11 is 0. The molecule has 2 atom stereocenters. The molecule has 0 saturated heterocycles. The number of benzene rings is 1. The van der Waals surface area contributed by atoms with Gasteiger partial charge in [0, 0.05) is 6.08 Å². The summed E-state index contributed by atoms with van der Waals surface area (Å²) in [7, 11) is 1.31. The highest BCUT2D eigenvalue weighted by Gasteiger charge is 2.39. The fourth-order valence-corrected chi connectivity index (χ4v) is 3.22. The Morgan fingerprint density at radius 2 is 1.79 bits per heavy atom. The van der Waals surface area contributed by atoms with Gasteiger partial charge in [0.15, 0.2) is 0 Å². The first kappa shape index (κ1) is 21.7. The minimum atomic E-state index is -0.648. The van der Waals surface area contributed by atoms with Crippen molar-refractivity contribution in [2.75, 3.05) is 13.7 Å². The molecule has 1 saturated carbocycles. The van der Waals surface area contributed by atoms with Gasteiger partial charge < -0.3 is 14.2 Å². The first-order valence-electron chi connectivity index (χ1n) is 9.69. The molecule has 0 spiro atoms. The van der Waals surface area contributed by atoms with Crippen LogP contribution in [0.25, 0.3) is 0 Å². The molecule has 1 aliphatic rings. The average Bonchev–Trinajstić information content (AvgIpc) is 2.72. The number of carbonyl (C=O) groups is 3. The lowest BCUT2D eigenvalue weighted by molar-refractivity contribution is -0.162. The third kappa shape index (κ3) is 6.51. The van der Waals surface area contributed by atoms with E-state index < -0.39 is 29.7 Å². The molecule has 1 aromatic rings. The van der Waals surface area contributed by atoms with Gasteiger partial charge in [-0.15, -0.1) is 0 Å². The van der Waals surface area contributed by atoms with Crippen LogP contribution in [0, 0.1) is 11.8 Å². The van der Waals surface area contributed by atoms with Crippen molar-refractivity contribution in [3.8, 4) is 0 Å². The molecule has 6 heteroatoms. The van der Waals surface area contributed by atoms with E-state index in [1.54, 1.807) is 0 Å². The van der Waals surface area contributed by atoms with Gasteiger partial charge in [-0.05, 0) is 31.2 Å². The molecule has 28 heavy (non-hydrogen) atoms. The fourth-order valence-electron chi connectivity index (χ4n) is 3.22. The number of allylic oxidation sites excluding steroid dienone is 1. The van der Waals surface area contributed by atoms with E-state index in [1.165, 1.54) is 13.2 Å². The minimum absolute atomic E-state index is 0.165. The highest BCUT2D eigenvalue weighted by Crippen LogP contribution is 2.35. The van der Waals surface area contributed by atoms with Crippen LogP contribution in [0.1, 0.15) is 44.6 Å². The molecule has 0 heterocycles. The maximum Gasteiger partial charge on any atom is 0.330 e. The zero-order chi connectivity index (χ0) is 20.4. The summed E-state index contributed by atoms with van der Waals surface area (Å²) in [5.41, 5.74) is 1.68. The molecule has 1 aliphatic carbocycles. The predicted octanol–water partition coefficient (Wildman–Crippen LogP) is 3.59. The van der Waals surface area contributed by atoms with Crippen LogP contribution in [0.3, 0.4) is 0 Å². The van der Waals surface area contributed by atoms with Crippen molar-refractivity contribution in [1.29, 1.82) is 0 Å². The molecule has 0 N–H and O–H groups in total. The Balaban J connectivity index is 2.06. The summed E-state index contributed by atoms with van der Waals surface area (Å²) < 4.78 is 15.5. The van der Waals surface area contributed by atoms with Crippen molar-refractivity contribution in [3.05, 3.63) is 47.5 Å². The zero-order valence-corrected chi connectivity index (χ0v) is 16.5. The molecule has 0 aliphatic heterocycles. The number of unbranched alkanes of at least 4 members (excludes halogenated alkanes) is 1. The predicted molar refractivity (Wildman–Crippen MR) is 103 cm³/mol. The number of methoxy groups -OCH3 is 1. The normalized spacial score (nSPS) is 20.4. The van der Waals surface area contributed by atoms with Crippen LogP contribution < -0.4 is 0 Å². The Morgan fingerprint density at radius 3 is 2.46 bits per heavy atom. The van der Waals surface area contributed by atoms with E-state index in [0.29, 0.717) is 25.9 Å². The lowest BCUT2D eigenvalue weighted by Gasteiger charge is -2.30. The van der Waals surface area contributed by atoms with Crippen LogP contribution >= 0.6 is 0 Å². The van der Waals surface area contributed by atoms with Gasteiger partial charge >= 0.3 is 17.9 Å². The van der Waals surface area contributed by atoms with Gasteiger partial charge in [0.1, 0.15) is 6.61 Å². The third-order valence-corrected chi connectivity index (χ3v) is 4.84. The zero-order valence-electron chi connectivity index (χ0n) is 16.5. The van der Waals surface area contributed by atoms with Gasteiger partial charge in [-0.25, -0.2) is 4.79 Å². The van der Waals surface area contributed by atoms with E-state index >= 15 is 0 Å². The maximum atomic E-state index is 12.7. The quantitative estimate of drug-likeness (QED) is 0.293. The topological polar surface area (TPSA) is 78.9 Å². The van der Waals surface area contributed by atoms with Crippen LogP contribution in [-0.4, -0.2) is 31.6 Å². The van der Waals surface area contributed by atoms with E-state index in [0.717, 1.165) is 24.0 Å². The van der Waals surface area contributed by atoms with Crippen molar-refractivity contribution in [2.24, 2.45) is 11.8 Å². The van der Waals surface area contributed by atoms with Crippen molar-refractivity contribution in [3.63, 3.8) is 0 Å². The molecule has 0 aromatic heterocycles. The second-order valence-electron chi connectivity index (χ2n) is 6.90. The molecule has 1 fully saturated rings. The van der Waals surface area contributed by atoms with Gasteiger partial charge in [0.2, 0.25) is 0 Å². The number of hydrogen-bond donors (Lipinski definition) is 0. The highest BCUT2D eigenvalue weighted by molar-refractivity contribution is 5.85. The molecular weight excluding hydrogens is 360 g/mol. The number of esters is 3. The van der Waals surface area contributed by atoms with Gasteiger partial charge in [0.25, 0.3) is 0 Å². The Kier molecular flexibility index (Phi) is 8.72. The molecule has 2 rings (SSSR count). The molecule has 1 aromatic carbocycles. The molecule has 0 amide bonds. The SMILES string of the molecule is CCCCOC(=O)[C@H]1CC(=CC(=O)OC)CC[C@@H]1C(=O)OCc1ccccc1.